The predicted molar refractivity (Wildman–Crippen MR) is 237 cm³/mol. The minimum atomic E-state index is 1.09. The van der Waals surface area contributed by atoms with E-state index in [1.165, 1.54) is 60.8 Å². The second-order valence-electron chi connectivity index (χ2n) is 14.1. The summed E-state index contributed by atoms with van der Waals surface area (Å²) in [5.74, 6) is 0. The molecule has 10 rings (SSSR count). The van der Waals surface area contributed by atoms with E-state index in [-0.39, 0.29) is 0 Å². The number of nitrogens with zero attached hydrogens (tertiary/aromatic N) is 2. The van der Waals surface area contributed by atoms with Gasteiger partial charge in [-0.2, -0.15) is 0 Å². The molecular weight excluding hydrogens is 677 g/mol. The minimum absolute atomic E-state index is 1.09. The first-order valence-electron chi connectivity index (χ1n) is 19.2. The van der Waals surface area contributed by atoms with E-state index in [1.54, 1.807) is 0 Å². The highest BCUT2D eigenvalue weighted by Gasteiger charge is 2.21. The summed E-state index contributed by atoms with van der Waals surface area (Å²) in [5, 5.41) is 2.49. The first-order chi connectivity index (χ1) is 27.8. The van der Waals surface area contributed by atoms with E-state index in [0.717, 1.165) is 28.3 Å². The van der Waals surface area contributed by atoms with Gasteiger partial charge in [0, 0.05) is 33.4 Å². The van der Waals surface area contributed by atoms with Gasteiger partial charge in [0.15, 0.2) is 0 Å². The lowest BCUT2D eigenvalue weighted by Crippen LogP contribution is -2.11. The van der Waals surface area contributed by atoms with Crippen LogP contribution in [-0.2, 0) is 0 Å². The molecule has 56 heavy (non-hydrogen) atoms. The monoisotopic (exact) mass is 714 g/mol. The quantitative estimate of drug-likeness (QED) is 0.152. The fourth-order valence-electron chi connectivity index (χ4n) is 8.37. The second-order valence-corrected chi connectivity index (χ2v) is 14.1. The van der Waals surface area contributed by atoms with Crippen LogP contribution in [0.2, 0.25) is 0 Å². The van der Waals surface area contributed by atoms with Crippen LogP contribution in [0.15, 0.2) is 231 Å². The van der Waals surface area contributed by atoms with Crippen molar-refractivity contribution in [3.63, 3.8) is 0 Å². The molecule has 0 atom stereocenters. The Morgan fingerprint density at radius 2 is 0.786 bits per heavy atom. The van der Waals surface area contributed by atoms with E-state index in [0.29, 0.717) is 0 Å². The zero-order valence-corrected chi connectivity index (χ0v) is 30.8. The number of para-hydroxylation sites is 4. The highest BCUT2D eigenvalue weighted by atomic mass is 15.1. The molecule has 1 aromatic heterocycles. The van der Waals surface area contributed by atoms with Crippen molar-refractivity contribution in [3.05, 3.63) is 231 Å². The molecule has 0 aliphatic rings. The van der Waals surface area contributed by atoms with Crippen molar-refractivity contribution in [2.24, 2.45) is 0 Å². The highest BCUT2D eigenvalue weighted by Crippen LogP contribution is 2.46. The van der Waals surface area contributed by atoms with Gasteiger partial charge in [-0.3, -0.25) is 0 Å². The van der Waals surface area contributed by atoms with Crippen LogP contribution in [0.3, 0.4) is 0 Å². The maximum absolute atomic E-state index is 2.41. The summed E-state index contributed by atoms with van der Waals surface area (Å²) in [5.41, 5.74) is 16.4. The predicted octanol–water partition coefficient (Wildman–Crippen LogP) is 14.9. The smallest absolute Gasteiger partial charge is 0.0547 e. The first kappa shape index (κ1) is 33.2. The van der Waals surface area contributed by atoms with Gasteiger partial charge >= 0.3 is 0 Å². The normalized spacial score (nSPS) is 11.2. The Morgan fingerprint density at radius 1 is 0.304 bits per heavy atom. The molecule has 0 spiro atoms. The third kappa shape index (κ3) is 5.85. The fourth-order valence-corrected chi connectivity index (χ4v) is 8.37. The van der Waals surface area contributed by atoms with Crippen LogP contribution in [-0.4, -0.2) is 4.57 Å². The Balaban J connectivity index is 1.16. The molecule has 0 saturated carbocycles. The number of fused-ring (bicyclic) bond motifs is 3. The van der Waals surface area contributed by atoms with E-state index in [1.807, 2.05) is 0 Å². The largest absolute Gasteiger partial charge is 0.310 e. The van der Waals surface area contributed by atoms with Crippen molar-refractivity contribution in [2.75, 3.05) is 4.90 Å². The lowest BCUT2D eigenvalue weighted by molar-refractivity contribution is 1.18. The SMILES string of the molecule is c1ccc(-c2ccccc2-c2ccccc2-c2ccccc2N(c2ccccc2)c2cccc(-c3cccc4c3c3ccccc3n4-c3ccccc3)c2)cc1. The molecule has 0 aliphatic heterocycles. The van der Waals surface area contributed by atoms with Gasteiger partial charge in [0.1, 0.15) is 0 Å². The topological polar surface area (TPSA) is 8.17 Å². The van der Waals surface area contributed by atoms with Gasteiger partial charge < -0.3 is 9.47 Å². The fraction of sp³-hybridized carbons (Fsp3) is 0. The molecule has 0 aliphatic carbocycles. The molecule has 0 unspecified atom stereocenters. The number of aromatic nitrogens is 1. The summed E-state index contributed by atoms with van der Waals surface area (Å²) in [6, 6.07) is 83.0. The first-order valence-corrected chi connectivity index (χ1v) is 19.2. The van der Waals surface area contributed by atoms with E-state index in [4.69, 9.17) is 0 Å². The lowest BCUT2D eigenvalue weighted by atomic mass is 9.88. The van der Waals surface area contributed by atoms with Crippen molar-refractivity contribution in [2.45, 2.75) is 0 Å². The molecule has 0 bridgehead atoms. The molecule has 2 heteroatoms. The van der Waals surface area contributed by atoms with Crippen LogP contribution in [0.4, 0.5) is 17.1 Å². The van der Waals surface area contributed by atoms with E-state index in [2.05, 4.69) is 240 Å². The van der Waals surface area contributed by atoms with Crippen LogP contribution in [0.5, 0.6) is 0 Å². The van der Waals surface area contributed by atoms with Crippen LogP contribution >= 0.6 is 0 Å². The molecule has 1 heterocycles. The maximum atomic E-state index is 2.41. The van der Waals surface area contributed by atoms with Crippen LogP contribution in [0.25, 0.3) is 72.0 Å². The Bertz CT molecular complexity index is 2960. The molecular formula is C54H38N2. The van der Waals surface area contributed by atoms with E-state index >= 15 is 0 Å². The highest BCUT2D eigenvalue weighted by molar-refractivity contribution is 6.16. The van der Waals surface area contributed by atoms with Crippen LogP contribution < -0.4 is 4.90 Å². The average molecular weight is 715 g/mol. The van der Waals surface area contributed by atoms with Gasteiger partial charge in [-0.1, -0.05) is 176 Å². The summed E-state index contributed by atoms with van der Waals surface area (Å²) >= 11 is 0. The lowest BCUT2D eigenvalue weighted by Gasteiger charge is -2.29. The number of hydrogen-bond donors (Lipinski definition) is 0. The summed E-state index contributed by atoms with van der Waals surface area (Å²) in [6.07, 6.45) is 0. The van der Waals surface area contributed by atoms with Gasteiger partial charge in [-0.25, -0.2) is 0 Å². The Morgan fingerprint density at radius 3 is 1.54 bits per heavy atom. The van der Waals surface area contributed by atoms with Gasteiger partial charge in [0.05, 0.1) is 16.7 Å². The standard InChI is InChI=1S/C54H38N2/c1-4-20-39(21-5-1)44-28-10-11-29-46(44)47-30-12-13-31-48(47)49-32-14-16-35-51(49)55(41-23-6-2-7-24-41)43-27-18-22-40(38-43)45-34-19-37-53-54(45)50-33-15-17-36-52(50)56(53)42-25-8-3-9-26-42/h1-38H. The van der Waals surface area contributed by atoms with Crippen molar-refractivity contribution >= 4 is 38.9 Å². The summed E-state index contributed by atoms with van der Waals surface area (Å²) < 4.78 is 2.39. The third-order valence-corrected chi connectivity index (χ3v) is 10.8. The average Bonchev–Trinajstić information content (AvgIpc) is 3.62. The minimum Gasteiger partial charge on any atom is -0.310 e. The molecule has 264 valence electrons. The van der Waals surface area contributed by atoms with Crippen LogP contribution in [0.1, 0.15) is 0 Å². The number of benzene rings is 9. The van der Waals surface area contributed by atoms with Gasteiger partial charge in [-0.05, 0) is 93.5 Å². The molecule has 0 N–H and O–H groups in total. The summed E-state index contributed by atoms with van der Waals surface area (Å²) in [7, 11) is 0. The van der Waals surface area contributed by atoms with Crippen LogP contribution in [0, 0.1) is 0 Å². The Hall–Kier alpha value is -7.42. The molecule has 10 aromatic rings. The van der Waals surface area contributed by atoms with Gasteiger partial charge in [0.2, 0.25) is 0 Å². The molecule has 2 nitrogen and oxygen atoms in total. The zero-order valence-electron chi connectivity index (χ0n) is 30.8. The van der Waals surface area contributed by atoms with Gasteiger partial charge in [-0.15, -0.1) is 0 Å². The third-order valence-electron chi connectivity index (χ3n) is 10.8. The maximum Gasteiger partial charge on any atom is 0.0547 e. The zero-order chi connectivity index (χ0) is 37.3. The number of anilines is 3. The molecule has 0 radical (unpaired) electrons. The van der Waals surface area contributed by atoms with E-state index in [9.17, 15) is 0 Å². The van der Waals surface area contributed by atoms with Crippen molar-refractivity contribution in [1.29, 1.82) is 0 Å². The number of rotatable bonds is 8. The van der Waals surface area contributed by atoms with E-state index < -0.39 is 0 Å². The molecule has 0 saturated heterocycles. The molecule has 0 amide bonds. The molecule has 9 aromatic carbocycles. The molecule has 0 fully saturated rings. The number of hydrogen-bond acceptors (Lipinski definition) is 1. The summed E-state index contributed by atoms with van der Waals surface area (Å²) in [4.78, 5) is 2.41. The van der Waals surface area contributed by atoms with Crippen molar-refractivity contribution in [3.8, 4) is 50.2 Å². The van der Waals surface area contributed by atoms with Crippen molar-refractivity contribution < 1.29 is 0 Å². The Labute approximate surface area is 327 Å². The summed E-state index contributed by atoms with van der Waals surface area (Å²) in [6.45, 7) is 0. The van der Waals surface area contributed by atoms with Gasteiger partial charge in [0.25, 0.3) is 0 Å². The second kappa shape index (κ2) is 14.4. The van der Waals surface area contributed by atoms with Crippen molar-refractivity contribution in [1.82, 2.24) is 4.57 Å². The Kier molecular flexibility index (Phi) is 8.55.